The fourth-order valence-electron chi connectivity index (χ4n) is 5.16. The van der Waals surface area contributed by atoms with Crippen molar-refractivity contribution in [1.82, 2.24) is 9.88 Å². The summed E-state index contributed by atoms with van der Waals surface area (Å²) in [6.45, 7) is 1.05. The maximum absolute atomic E-state index is 13.0. The number of nitrogens with one attached hydrogen (secondary N) is 1. The summed E-state index contributed by atoms with van der Waals surface area (Å²) in [5, 5.41) is 1.37. The Labute approximate surface area is 164 Å². The first-order chi connectivity index (χ1) is 13.7. The van der Waals surface area contributed by atoms with Crippen molar-refractivity contribution in [2.45, 2.75) is 50.6 Å². The van der Waals surface area contributed by atoms with E-state index in [1.165, 1.54) is 47.1 Å². The normalized spacial score (nSPS) is 21.2. The number of hydrogen-bond acceptors (Lipinski definition) is 2. The van der Waals surface area contributed by atoms with Gasteiger partial charge in [-0.3, -0.25) is 9.69 Å². The minimum Gasteiger partial charge on any atom is -0.358 e. The molecule has 0 unspecified atom stereocenters. The monoisotopic (exact) mass is 376 g/mol. The molecular formula is C24H25FN2O. The molecule has 2 atom stereocenters. The van der Waals surface area contributed by atoms with E-state index in [2.05, 4.69) is 34.1 Å². The first-order valence-corrected chi connectivity index (χ1v) is 10.3. The number of H-pyrrole nitrogens is 1. The minimum atomic E-state index is -0.297. The first kappa shape index (κ1) is 17.6. The number of unbranched alkanes of at least 4 members (excludes halogenated alkanes) is 1. The van der Waals surface area contributed by atoms with Gasteiger partial charge in [0.2, 0.25) is 0 Å². The summed E-state index contributed by atoms with van der Waals surface area (Å²) < 4.78 is 13.0. The molecule has 0 radical (unpaired) electrons. The van der Waals surface area contributed by atoms with Crippen molar-refractivity contribution in [3.63, 3.8) is 0 Å². The molecule has 2 bridgehead atoms. The molecule has 3 aromatic rings. The zero-order valence-corrected chi connectivity index (χ0v) is 16.0. The Kier molecular flexibility index (Phi) is 4.52. The van der Waals surface area contributed by atoms with E-state index < -0.39 is 0 Å². The van der Waals surface area contributed by atoms with Gasteiger partial charge in [-0.05, 0) is 68.1 Å². The van der Waals surface area contributed by atoms with Crippen molar-refractivity contribution < 1.29 is 9.18 Å². The quantitative estimate of drug-likeness (QED) is 0.460. The maximum Gasteiger partial charge on any atom is 0.162 e. The summed E-state index contributed by atoms with van der Waals surface area (Å²) >= 11 is 0. The molecule has 3 nitrogen and oxygen atoms in total. The molecule has 5 rings (SSSR count). The van der Waals surface area contributed by atoms with E-state index in [-0.39, 0.29) is 11.6 Å². The zero-order valence-electron chi connectivity index (χ0n) is 16.0. The molecule has 4 heteroatoms. The molecule has 0 spiro atoms. The number of Topliss-reactive ketones (excluding diaryl/α,β-unsaturated/α-hetero) is 1. The average molecular weight is 376 g/mol. The Hall–Kier alpha value is -2.46. The number of carbonyl (C=O) groups is 1. The maximum atomic E-state index is 13.0. The number of fused-ring (bicyclic) bond motifs is 6. The van der Waals surface area contributed by atoms with Crippen LogP contribution in [0.15, 0.2) is 48.5 Å². The Bertz CT molecular complexity index is 1010. The molecule has 1 fully saturated rings. The van der Waals surface area contributed by atoms with Crippen LogP contribution in [0, 0.1) is 5.82 Å². The Morgan fingerprint density at radius 2 is 1.89 bits per heavy atom. The van der Waals surface area contributed by atoms with E-state index >= 15 is 0 Å². The fourth-order valence-corrected chi connectivity index (χ4v) is 5.16. The number of rotatable bonds is 6. The molecule has 0 amide bonds. The second-order valence-electron chi connectivity index (χ2n) is 8.14. The summed E-state index contributed by atoms with van der Waals surface area (Å²) in [5.74, 6) is -0.186. The van der Waals surface area contributed by atoms with Crippen molar-refractivity contribution >= 4 is 16.7 Å². The zero-order chi connectivity index (χ0) is 19.1. The largest absolute Gasteiger partial charge is 0.358 e. The van der Waals surface area contributed by atoms with Crippen LogP contribution >= 0.6 is 0 Å². The molecule has 1 N–H and O–H groups in total. The lowest BCUT2D eigenvalue weighted by atomic mass is 9.96. The highest BCUT2D eigenvalue weighted by molar-refractivity contribution is 5.95. The molecule has 1 saturated heterocycles. The van der Waals surface area contributed by atoms with E-state index in [1.54, 1.807) is 12.1 Å². The van der Waals surface area contributed by atoms with Crippen LogP contribution in [0.3, 0.4) is 0 Å². The number of halogens is 1. The van der Waals surface area contributed by atoms with Crippen LogP contribution in [0.25, 0.3) is 10.9 Å². The van der Waals surface area contributed by atoms with Crippen LogP contribution in [0.2, 0.25) is 0 Å². The number of carbonyl (C=O) groups excluding carboxylic acids is 1. The molecular weight excluding hydrogens is 351 g/mol. The Morgan fingerprint density at radius 1 is 1.07 bits per heavy atom. The van der Waals surface area contributed by atoms with Crippen molar-refractivity contribution in [2.24, 2.45) is 0 Å². The fraction of sp³-hybridized carbons (Fsp3) is 0.375. The standard InChI is InChI=1S/C24H25FN2O/c25-17-10-8-16(9-11-17)23(28)7-3-4-14-27-18-12-13-22(27)24-19-5-1-2-6-20(19)26-21(24)15-18/h1-2,5-6,8-11,18,22,26H,3-4,7,12-15H2/t18-,22+/m1/s1. The predicted octanol–water partition coefficient (Wildman–Crippen LogP) is 5.42. The topological polar surface area (TPSA) is 36.1 Å². The van der Waals surface area contributed by atoms with Gasteiger partial charge in [0.05, 0.1) is 0 Å². The van der Waals surface area contributed by atoms with Crippen molar-refractivity contribution in [3.05, 3.63) is 71.2 Å². The third kappa shape index (κ3) is 3.06. The highest BCUT2D eigenvalue weighted by Gasteiger charge is 2.41. The van der Waals surface area contributed by atoms with Gasteiger partial charge in [-0.1, -0.05) is 18.2 Å². The smallest absolute Gasteiger partial charge is 0.162 e. The number of para-hydroxylation sites is 1. The molecule has 28 heavy (non-hydrogen) atoms. The lowest BCUT2D eigenvalue weighted by molar-refractivity contribution is 0.0975. The Balaban J connectivity index is 1.22. The molecule has 1 aromatic heterocycles. The predicted molar refractivity (Wildman–Crippen MR) is 109 cm³/mol. The second kappa shape index (κ2) is 7.17. The number of nitrogens with zero attached hydrogens (tertiary/aromatic N) is 1. The number of benzene rings is 2. The molecule has 144 valence electrons. The van der Waals surface area contributed by atoms with E-state index in [0.29, 0.717) is 24.1 Å². The SMILES string of the molecule is O=C(CCCCN1[C@@H]2CC[C@H]1c1c([nH]c3ccccc13)C2)c1ccc(F)cc1. The van der Waals surface area contributed by atoms with Gasteiger partial charge in [0, 0.05) is 47.1 Å². The van der Waals surface area contributed by atoms with Crippen molar-refractivity contribution in [2.75, 3.05) is 6.54 Å². The van der Waals surface area contributed by atoms with Crippen LogP contribution < -0.4 is 0 Å². The van der Waals surface area contributed by atoms with Gasteiger partial charge < -0.3 is 4.98 Å². The Morgan fingerprint density at radius 3 is 2.75 bits per heavy atom. The third-order valence-corrected chi connectivity index (χ3v) is 6.48. The number of aromatic amines is 1. The van der Waals surface area contributed by atoms with Crippen LogP contribution in [-0.4, -0.2) is 28.3 Å². The summed E-state index contributed by atoms with van der Waals surface area (Å²) in [7, 11) is 0. The number of hydrogen-bond donors (Lipinski definition) is 1. The highest BCUT2D eigenvalue weighted by Crippen LogP contribution is 2.46. The number of aromatic nitrogens is 1. The molecule has 2 aliphatic rings. The summed E-state index contributed by atoms with van der Waals surface area (Å²) in [6, 6.07) is 15.7. The summed E-state index contributed by atoms with van der Waals surface area (Å²) in [4.78, 5) is 18.6. The third-order valence-electron chi connectivity index (χ3n) is 6.48. The molecule has 3 heterocycles. The second-order valence-corrected chi connectivity index (χ2v) is 8.14. The van der Waals surface area contributed by atoms with Gasteiger partial charge in [-0.25, -0.2) is 4.39 Å². The van der Waals surface area contributed by atoms with Crippen LogP contribution in [-0.2, 0) is 6.42 Å². The molecule has 2 aliphatic heterocycles. The van der Waals surface area contributed by atoms with Gasteiger partial charge in [-0.2, -0.15) is 0 Å². The van der Waals surface area contributed by atoms with Crippen molar-refractivity contribution in [3.8, 4) is 0 Å². The van der Waals surface area contributed by atoms with Crippen LogP contribution in [0.4, 0.5) is 4.39 Å². The molecule has 0 saturated carbocycles. The van der Waals surface area contributed by atoms with Gasteiger partial charge in [0.25, 0.3) is 0 Å². The first-order valence-electron chi connectivity index (χ1n) is 10.3. The minimum absolute atomic E-state index is 0.112. The lowest BCUT2D eigenvalue weighted by Gasteiger charge is -2.35. The van der Waals surface area contributed by atoms with Crippen LogP contribution in [0.5, 0.6) is 0 Å². The highest BCUT2D eigenvalue weighted by atomic mass is 19.1. The summed E-state index contributed by atoms with van der Waals surface area (Å²) in [6.07, 6.45) is 6.04. The van der Waals surface area contributed by atoms with E-state index in [1.807, 2.05) is 0 Å². The molecule has 2 aromatic carbocycles. The van der Waals surface area contributed by atoms with Crippen molar-refractivity contribution in [1.29, 1.82) is 0 Å². The lowest BCUT2D eigenvalue weighted by Crippen LogP contribution is -2.37. The van der Waals surface area contributed by atoms with E-state index in [0.717, 1.165) is 25.8 Å². The van der Waals surface area contributed by atoms with Crippen LogP contribution in [0.1, 0.15) is 59.8 Å². The van der Waals surface area contributed by atoms with Gasteiger partial charge in [0.15, 0.2) is 5.78 Å². The summed E-state index contributed by atoms with van der Waals surface area (Å²) in [5.41, 5.74) is 4.80. The molecule has 0 aliphatic carbocycles. The van der Waals surface area contributed by atoms with Gasteiger partial charge >= 0.3 is 0 Å². The van der Waals surface area contributed by atoms with Gasteiger partial charge in [0.1, 0.15) is 5.82 Å². The van der Waals surface area contributed by atoms with E-state index in [9.17, 15) is 9.18 Å². The average Bonchev–Trinajstić information content (AvgIpc) is 3.21. The number of ketones is 1. The van der Waals surface area contributed by atoms with Gasteiger partial charge in [-0.15, -0.1) is 0 Å². The van der Waals surface area contributed by atoms with E-state index in [4.69, 9.17) is 0 Å².